The second kappa shape index (κ2) is 6.13. The highest BCUT2D eigenvalue weighted by Crippen LogP contribution is 2.25. The predicted molar refractivity (Wildman–Crippen MR) is 79.8 cm³/mol. The van der Waals surface area contributed by atoms with Crippen molar-refractivity contribution in [3.63, 3.8) is 0 Å². The van der Waals surface area contributed by atoms with Crippen LogP contribution in [0.5, 0.6) is 0 Å². The van der Waals surface area contributed by atoms with E-state index in [1.165, 1.54) is 36.4 Å². The van der Waals surface area contributed by atoms with Crippen LogP contribution in [0.3, 0.4) is 0 Å². The van der Waals surface area contributed by atoms with Gasteiger partial charge in [-0.2, -0.15) is 13.2 Å². The molecule has 0 amide bonds. The molecule has 0 radical (unpaired) electrons. The van der Waals surface area contributed by atoms with Gasteiger partial charge in [-0.05, 0) is 37.1 Å². The summed E-state index contributed by atoms with van der Waals surface area (Å²) in [7, 11) is 0. The van der Waals surface area contributed by atoms with Gasteiger partial charge in [0, 0.05) is 5.56 Å². The van der Waals surface area contributed by atoms with E-state index in [0.29, 0.717) is 0 Å². The maximum absolute atomic E-state index is 13.2. The van der Waals surface area contributed by atoms with Gasteiger partial charge in [0.1, 0.15) is 0 Å². The number of Topliss-reactive ketones (excluding diaryl/α,β-unsaturated/α-hetero) is 1. The summed E-state index contributed by atoms with van der Waals surface area (Å²) in [5.41, 5.74) is 0.237. The summed E-state index contributed by atoms with van der Waals surface area (Å²) >= 11 is 0. The molecule has 0 bridgehead atoms. The quantitative estimate of drug-likeness (QED) is 0.590. The molecule has 0 N–H and O–H groups in total. The molecule has 22 heavy (non-hydrogen) atoms. The van der Waals surface area contributed by atoms with Crippen molar-refractivity contribution in [3.05, 3.63) is 65.2 Å². The molecule has 0 aromatic heterocycles. The van der Waals surface area contributed by atoms with Crippen LogP contribution in [0.15, 0.2) is 53.5 Å². The van der Waals surface area contributed by atoms with Crippen molar-refractivity contribution in [2.24, 2.45) is 4.99 Å². The highest BCUT2D eigenvalue weighted by Gasteiger charge is 2.41. The largest absolute Gasteiger partial charge is 0.437 e. The first-order chi connectivity index (χ1) is 10.3. The average molecular weight is 305 g/mol. The third kappa shape index (κ3) is 3.81. The van der Waals surface area contributed by atoms with Crippen LogP contribution in [0, 0.1) is 13.8 Å². The number of rotatable bonds is 3. The van der Waals surface area contributed by atoms with Crippen LogP contribution in [-0.2, 0) is 0 Å². The predicted octanol–water partition coefficient (Wildman–Crippen LogP) is 4.82. The zero-order valence-electron chi connectivity index (χ0n) is 12.1. The molecule has 2 nitrogen and oxygen atoms in total. The standard InChI is InChI=1S/C17H14F3NO/c1-11-8-12(2)10-14(9-11)21-16(17(18,19)20)15(22)13-6-4-3-5-7-13/h3-10H,1-2H3. The van der Waals surface area contributed by atoms with Crippen molar-refractivity contribution in [3.8, 4) is 0 Å². The van der Waals surface area contributed by atoms with E-state index in [-0.39, 0.29) is 11.3 Å². The maximum Gasteiger partial charge on any atom is 0.437 e. The van der Waals surface area contributed by atoms with Gasteiger partial charge in [-0.1, -0.05) is 36.4 Å². The molecule has 5 heteroatoms. The summed E-state index contributed by atoms with van der Waals surface area (Å²) in [6.07, 6.45) is -4.81. The lowest BCUT2D eigenvalue weighted by atomic mass is 10.1. The van der Waals surface area contributed by atoms with Crippen LogP contribution in [-0.4, -0.2) is 17.7 Å². The summed E-state index contributed by atoms with van der Waals surface area (Å²) in [5, 5.41) is 0. The summed E-state index contributed by atoms with van der Waals surface area (Å²) in [5.74, 6) is -1.13. The molecular weight excluding hydrogens is 291 g/mol. The first-order valence-electron chi connectivity index (χ1n) is 6.61. The third-order valence-electron chi connectivity index (χ3n) is 2.97. The molecular formula is C17H14F3NO. The second-order valence-corrected chi connectivity index (χ2v) is 5.00. The number of hydrogen-bond donors (Lipinski definition) is 0. The Bertz CT molecular complexity index is 698. The van der Waals surface area contributed by atoms with Crippen LogP contribution in [0.1, 0.15) is 21.5 Å². The molecule has 0 spiro atoms. The Morgan fingerprint density at radius 1 is 0.955 bits per heavy atom. The number of aryl methyl sites for hydroxylation is 2. The van der Waals surface area contributed by atoms with Gasteiger partial charge in [-0.3, -0.25) is 4.79 Å². The third-order valence-corrected chi connectivity index (χ3v) is 2.97. The fourth-order valence-electron chi connectivity index (χ4n) is 2.11. The number of carbonyl (C=O) groups is 1. The van der Waals surface area contributed by atoms with E-state index in [4.69, 9.17) is 0 Å². The highest BCUT2D eigenvalue weighted by atomic mass is 19.4. The molecule has 114 valence electrons. The number of carbonyl (C=O) groups excluding carboxylic acids is 1. The number of aliphatic imine (C=N–C) groups is 1. The molecule has 0 unspecified atom stereocenters. The van der Waals surface area contributed by atoms with Gasteiger partial charge < -0.3 is 0 Å². The van der Waals surface area contributed by atoms with Crippen LogP contribution in [0.25, 0.3) is 0 Å². The van der Waals surface area contributed by atoms with Gasteiger partial charge in [0.25, 0.3) is 0 Å². The lowest BCUT2D eigenvalue weighted by molar-refractivity contribution is -0.0581. The van der Waals surface area contributed by atoms with E-state index >= 15 is 0 Å². The van der Waals surface area contributed by atoms with Gasteiger partial charge in [-0.15, -0.1) is 0 Å². The minimum absolute atomic E-state index is 0.0389. The average Bonchev–Trinajstić information content (AvgIpc) is 2.43. The van der Waals surface area contributed by atoms with Crippen LogP contribution < -0.4 is 0 Å². The molecule has 0 aliphatic carbocycles. The fraction of sp³-hybridized carbons (Fsp3) is 0.176. The first-order valence-corrected chi connectivity index (χ1v) is 6.61. The van der Waals surface area contributed by atoms with Crippen molar-refractivity contribution in [2.45, 2.75) is 20.0 Å². The highest BCUT2D eigenvalue weighted by molar-refractivity contribution is 6.48. The van der Waals surface area contributed by atoms with Gasteiger partial charge in [-0.25, -0.2) is 4.99 Å². The number of nitrogens with zero attached hydrogens (tertiary/aromatic N) is 1. The Balaban J connectivity index is 2.51. The molecule has 0 saturated carbocycles. The molecule has 0 heterocycles. The Kier molecular flexibility index (Phi) is 4.45. The molecule has 2 rings (SSSR count). The van der Waals surface area contributed by atoms with E-state index < -0.39 is 17.7 Å². The molecule has 0 saturated heterocycles. The van der Waals surface area contributed by atoms with E-state index in [9.17, 15) is 18.0 Å². The van der Waals surface area contributed by atoms with Crippen molar-refractivity contribution in [2.75, 3.05) is 0 Å². The summed E-state index contributed by atoms with van der Waals surface area (Å²) < 4.78 is 39.6. The molecule has 0 atom stereocenters. The Morgan fingerprint density at radius 3 is 2.00 bits per heavy atom. The van der Waals surface area contributed by atoms with Gasteiger partial charge in [0.2, 0.25) is 5.78 Å². The Hall–Kier alpha value is -2.43. The summed E-state index contributed by atoms with van der Waals surface area (Å²) in [6, 6.07) is 12.2. The topological polar surface area (TPSA) is 29.4 Å². The van der Waals surface area contributed by atoms with Gasteiger partial charge in [0.15, 0.2) is 5.71 Å². The molecule has 2 aromatic rings. The number of hydrogen-bond acceptors (Lipinski definition) is 2. The second-order valence-electron chi connectivity index (χ2n) is 5.00. The summed E-state index contributed by atoms with van der Waals surface area (Å²) in [4.78, 5) is 15.7. The number of ketones is 1. The Morgan fingerprint density at radius 2 is 1.50 bits per heavy atom. The van der Waals surface area contributed by atoms with Crippen LogP contribution in [0.4, 0.5) is 18.9 Å². The molecule has 0 aliphatic rings. The van der Waals surface area contributed by atoms with E-state index in [2.05, 4.69) is 4.99 Å². The SMILES string of the molecule is Cc1cc(C)cc(N=C(C(=O)c2ccccc2)C(F)(F)F)c1. The zero-order valence-corrected chi connectivity index (χ0v) is 12.1. The van der Waals surface area contributed by atoms with Crippen LogP contribution >= 0.6 is 0 Å². The number of benzene rings is 2. The number of halogens is 3. The molecule has 0 fully saturated rings. The minimum Gasteiger partial charge on any atom is -0.287 e. The van der Waals surface area contributed by atoms with Crippen LogP contribution in [0.2, 0.25) is 0 Å². The van der Waals surface area contributed by atoms with Crippen molar-refractivity contribution in [1.82, 2.24) is 0 Å². The van der Waals surface area contributed by atoms with Crippen molar-refractivity contribution in [1.29, 1.82) is 0 Å². The zero-order chi connectivity index (χ0) is 16.3. The lowest BCUT2D eigenvalue weighted by Crippen LogP contribution is -2.31. The Labute approximate surface area is 126 Å². The minimum atomic E-state index is -4.81. The smallest absolute Gasteiger partial charge is 0.287 e. The molecule has 2 aromatic carbocycles. The van der Waals surface area contributed by atoms with Crippen molar-refractivity contribution >= 4 is 17.2 Å². The lowest BCUT2D eigenvalue weighted by Gasteiger charge is -2.10. The van der Waals surface area contributed by atoms with Gasteiger partial charge in [0.05, 0.1) is 5.69 Å². The maximum atomic E-state index is 13.2. The first kappa shape index (κ1) is 15.9. The van der Waals surface area contributed by atoms with E-state index in [0.717, 1.165) is 11.1 Å². The van der Waals surface area contributed by atoms with Crippen molar-refractivity contribution < 1.29 is 18.0 Å². The van der Waals surface area contributed by atoms with Gasteiger partial charge >= 0.3 is 6.18 Å². The number of alkyl halides is 3. The fourth-order valence-corrected chi connectivity index (χ4v) is 2.11. The summed E-state index contributed by atoms with van der Waals surface area (Å²) in [6.45, 7) is 3.52. The molecule has 0 aliphatic heterocycles. The van der Waals surface area contributed by atoms with E-state index in [1.54, 1.807) is 19.9 Å². The monoisotopic (exact) mass is 305 g/mol. The normalized spacial score (nSPS) is 12.3. The van der Waals surface area contributed by atoms with E-state index in [1.807, 2.05) is 6.07 Å².